The van der Waals surface area contributed by atoms with E-state index in [1.54, 1.807) is 23.5 Å². The van der Waals surface area contributed by atoms with E-state index < -0.39 is 11.8 Å². The third kappa shape index (κ3) is 4.40. The average Bonchev–Trinajstić information content (AvgIpc) is 3.40. The molecule has 0 spiro atoms. The Morgan fingerprint density at radius 2 is 1.94 bits per heavy atom. The van der Waals surface area contributed by atoms with Crippen molar-refractivity contribution in [3.63, 3.8) is 0 Å². The molecule has 0 unspecified atom stereocenters. The minimum atomic E-state index is -0.764. The van der Waals surface area contributed by atoms with Crippen LogP contribution in [0, 0.1) is 5.41 Å². The van der Waals surface area contributed by atoms with Gasteiger partial charge < -0.3 is 26.3 Å². The molecule has 0 saturated heterocycles. The van der Waals surface area contributed by atoms with Crippen LogP contribution >= 0.6 is 11.3 Å². The quantitative estimate of drug-likeness (QED) is 0.206. The largest absolute Gasteiger partial charge is 0.398 e. The number of fused-ring (bicyclic) bond motifs is 1. The second kappa shape index (κ2) is 9.07. The number of nitrogens with two attached hydrogens (primary N) is 1. The highest BCUT2D eigenvalue weighted by atomic mass is 32.1. The minimum absolute atomic E-state index is 0.352. The number of anilines is 2. The fourth-order valence-corrected chi connectivity index (χ4v) is 4.61. The summed E-state index contributed by atoms with van der Waals surface area (Å²) in [5.74, 6) is -1.48. The summed E-state index contributed by atoms with van der Waals surface area (Å²) in [7, 11) is 1.93. The Hall–Kier alpha value is -3.91. The van der Waals surface area contributed by atoms with Crippen LogP contribution in [0.2, 0.25) is 0 Å². The molecular formula is C24H23N5O2S. The van der Waals surface area contributed by atoms with Gasteiger partial charge in [-0.15, -0.1) is 11.3 Å². The molecule has 2 amide bonds. The number of nitrogens with one attached hydrogen (secondary N) is 3. The second-order valence-corrected chi connectivity index (χ2v) is 8.47. The topological polar surface area (TPSA) is 113 Å². The number of carbonyl (C=O) groups excluding carboxylic acids is 2. The molecule has 0 saturated carbocycles. The lowest BCUT2D eigenvalue weighted by Gasteiger charge is -2.12. The normalized spacial score (nSPS) is 10.8. The van der Waals surface area contributed by atoms with Gasteiger partial charge in [-0.25, -0.2) is 0 Å². The number of hydrogen-bond donors (Lipinski definition) is 4. The molecule has 8 heteroatoms. The molecule has 4 rings (SSSR count). The molecule has 2 aromatic heterocycles. The molecule has 5 N–H and O–H groups in total. The molecule has 32 heavy (non-hydrogen) atoms. The third-order valence-electron chi connectivity index (χ3n) is 5.24. The summed E-state index contributed by atoms with van der Waals surface area (Å²) in [6, 6.07) is 17.3. The van der Waals surface area contributed by atoms with Crippen LogP contribution in [0.1, 0.15) is 11.3 Å². The van der Waals surface area contributed by atoms with Crippen molar-refractivity contribution >= 4 is 50.8 Å². The molecular weight excluding hydrogens is 422 g/mol. The van der Waals surface area contributed by atoms with Gasteiger partial charge in [0.1, 0.15) is 0 Å². The molecule has 0 aliphatic carbocycles. The zero-order valence-corrected chi connectivity index (χ0v) is 18.3. The summed E-state index contributed by atoms with van der Waals surface area (Å²) < 4.78 is 3.08. The van der Waals surface area contributed by atoms with Gasteiger partial charge in [-0.2, -0.15) is 0 Å². The van der Waals surface area contributed by atoms with Gasteiger partial charge in [0.25, 0.3) is 0 Å². The van der Waals surface area contributed by atoms with Gasteiger partial charge in [0, 0.05) is 70.2 Å². The maximum Gasteiger partial charge on any atom is 0.313 e. The lowest BCUT2D eigenvalue weighted by atomic mass is 10.0. The summed E-state index contributed by atoms with van der Waals surface area (Å²) in [4.78, 5) is 25.6. The number of nitrogen functional groups attached to an aromatic ring is 1. The van der Waals surface area contributed by atoms with Gasteiger partial charge in [0.2, 0.25) is 0 Å². The SMILES string of the molecule is Cn1cccc1CCNC(=O)C(=O)Nc1cc(C=N)c(N)c(-c2cc3ccccc3s2)c1. The Balaban J connectivity index is 1.51. The predicted molar refractivity (Wildman–Crippen MR) is 130 cm³/mol. The van der Waals surface area contributed by atoms with E-state index in [1.165, 1.54) is 0 Å². The summed E-state index contributed by atoms with van der Waals surface area (Å²) in [5.41, 5.74) is 9.41. The van der Waals surface area contributed by atoms with Crippen molar-refractivity contribution < 1.29 is 9.59 Å². The number of thiophene rings is 1. The first-order valence-corrected chi connectivity index (χ1v) is 10.9. The van der Waals surface area contributed by atoms with E-state index in [1.807, 2.05) is 60.3 Å². The van der Waals surface area contributed by atoms with Gasteiger partial charge in [-0.1, -0.05) is 18.2 Å². The van der Waals surface area contributed by atoms with E-state index in [4.69, 9.17) is 11.1 Å². The van der Waals surface area contributed by atoms with Crippen molar-refractivity contribution in [2.45, 2.75) is 6.42 Å². The Kier molecular flexibility index (Phi) is 6.04. The summed E-state index contributed by atoms with van der Waals surface area (Å²) in [5, 5.41) is 14.1. The van der Waals surface area contributed by atoms with Crippen molar-refractivity contribution in [2.24, 2.45) is 7.05 Å². The highest BCUT2D eigenvalue weighted by Gasteiger charge is 2.17. The second-order valence-electron chi connectivity index (χ2n) is 7.39. The predicted octanol–water partition coefficient (Wildman–Crippen LogP) is 3.78. The van der Waals surface area contributed by atoms with Crippen LogP contribution < -0.4 is 16.4 Å². The molecule has 2 heterocycles. The number of amides is 2. The molecule has 0 fully saturated rings. The highest BCUT2D eigenvalue weighted by Crippen LogP contribution is 2.38. The van der Waals surface area contributed by atoms with Crippen molar-refractivity contribution in [3.05, 3.63) is 72.1 Å². The fraction of sp³-hybridized carbons (Fsp3) is 0.125. The number of benzene rings is 2. The van der Waals surface area contributed by atoms with Gasteiger partial charge in [-0.05, 0) is 41.8 Å². The van der Waals surface area contributed by atoms with E-state index in [0.717, 1.165) is 26.9 Å². The number of carbonyl (C=O) groups is 2. The van der Waals surface area contributed by atoms with E-state index in [0.29, 0.717) is 35.5 Å². The van der Waals surface area contributed by atoms with E-state index in [2.05, 4.69) is 10.6 Å². The Morgan fingerprint density at radius 3 is 2.66 bits per heavy atom. The summed E-state index contributed by atoms with van der Waals surface area (Å²) in [6.45, 7) is 0.352. The Morgan fingerprint density at radius 1 is 1.12 bits per heavy atom. The smallest absolute Gasteiger partial charge is 0.313 e. The molecule has 7 nitrogen and oxygen atoms in total. The Labute approximate surface area is 189 Å². The van der Waals surface area contributed by atoms with E-state index in [9.17, 15) is 9.59 Å². The standard InChI is InChI=1S/C24H23N5O2S/c1-29-10-4-6-18(29)8-9-27-23(30)24(31)28-17-11-16(14-25)22(26)19(13-17)21-12-15-5-2-3-7-20(15)32-21/h2-7,10-14,25H,8-9,26H2,1H3,(H,27,30)(H,28,31). The van der Waals surface area contributed by atoms with Crippen LogP contribution in [0.5, 0.6) is 0 Å². The lowest BCUT2D eigenvalue weighted by molar-refractivity contribution is -0.136. The molecule has 162 valence electrons. The Bertz CT molecular complexity index is 1290. The number of rotatable bonds is 6. The fourth-order valence-electron chi connectivity index (χ4n) is 3.51. The zero-order valence-electron chi connectivity index (χ0n) is 17.5. The highest BCUT2D eigenvalue weighted by molar-refractivity contribution is 7.22. The summed E-state index contributed by atoms with van der Waals surface area (Å²) in [6.07, 6.45) is 3.69. The molecule has 0 aliphatic heterocycles. The maximum atomic E-state index is 12.4. The molecule has 0 bridgehead atoms. The molecule has 0 aliphatic rings. The third-order valence-corrected chi connectivity index (χ3v) is 6.39. The lowest BCUT2D eigenvalue weighted by Crippen LogP contribution is -2.36. The van der Waals surface area contributed by atoms with E-state index in [-0.39, 0.29) is 0 Å². The maximum absolute atomic E-state index is 12.4. The number of aromatic nitrogens is 1. The van der Waals surface area contributed by atoms with Crippen LogP contribution in [-0.4, -0.2) is 29.1 Å². The van der Waals surface area contributed by atoms with Crippen molar-refractivity contribution in [3.8, 4) is 10.4 Å². The summed E-state index contributed by atoms with van der Waals surface area (Å²) >= 11 is 1.58. The molecule has 4 aromatic rings. The van der Waals surface area contributed by atoms with Crippen LogP contribution in [0.15, 0.2) is 60.8 Å². The van der Waals surface area contributed by atoms with Crippen LogP contribution in [-0.2, 0) is 23.1 Å². The van der Waals surface area contributed by atoms with Crippen molar-refractivity contribution in [2.75, 3.05) is 17.6 Å². The zero-order chi connectivity index (χ0) is 22.7. The minimum Gasteiger partial charge on any atom is -0.398 e. The van der Waals surface area contributed by atoms with Crippen molar-refractivity contribution in [1.82, 2.24) is 9.88 Å². The van der Waals surface area contributed by atoms with Crippen molar-refractivity contribution in [1.29, 1.82) is 5.41 Å². The first kappa shape index (κ1) is 21.3. The first-order valence-electron chi connectivity index (χ1n) is 10.1. The number of hydrogen-bond acceptors (Lipinski definition) is 5. The number of aryl methyl sites for hydroxylation is 1. The number of nitrogens with zero attached hydrogens (tertiary/aromatic N) is 1. The van der Waals surface area contributed by atoms with Crippen LogP contribution in [0.25, 0.3) is 20.5 Å². The van der Waals surface area contributed by atoms with Crippen LogP contribution in [0.3, 0.4) is 0 Å². The van der Waals surface area contributed by atoms with Gasteiger partial charge in [-0.3, -0.25) is 9.59 Å². The molecule has 0 atom stereocenters. The van der Waals surface area contributed by atoms with Crippen LogP contribution in [0.4, 0.5) is 11.4 Å². The van der Waals surface area contributed by atoms with Gasteiger partial charge in [0.15, 0.2) is 0 Å². The average molecular weight is 446 g/mol. The molecule has 0 radical (unpaired) electrons. The van der Waals surface area contributed by atoms with Gasteiger partial charge >= 0.3 is 11.8 Å². The monoisotopic (exact) mass is 445 g/mol. The molecule has 2 aromatic carbocycles. The first-order chi connectivity index (χ1) is 15.5. The van der Waals surface area contributed by atoms with Gasteiger partial charge in [0.05, 0.1) is 0 Å². The van der Waals surface area contributed by atoms with E-state index >= 15 is 0 Å².